The van der Waals surface area contributed by atoms with Crippen LogP contribution in [0.4, 0.5) is 5.69 Å². The van der Waals surface area contributed by atoms with Crippen molar-refractivity contribution in [1.82, 2.24) is 5.32 Å². The lowest BCUT2D eigenvalue weighted by Crippen LogP contribution is -2.38. The van der Waals surface area contributed by atoms with Gasteiger partial charge in [0.15, 0.2) is 0 Å². The lowest BCUT2D eigenvalue weighted by molar-refractivity contribution is 0.0935. The molecule has 0 bridgehead atoms. The topological polar surface area (TPSA) is 41.1 Å². The van der Waals surface area contributed by atoms with Crippen LogP contribution in [-0.4, -0.2) is 5.91 Å². The molecule has 1 heterocycles. The second kappa shape index (κ2) is 4.76. The molecule has 2 aromatic rings. The molecule has 96 valence electrons. The number of hydrogen-bond acceptors (Lipinski definition) is 2. The zero-order valence-corrected chi connectivity index (χ0v) is 11.3. The maximum absolute atomic E-state index is 12.0. The summed E-state index contributed by atoms with van der Waals surface area (Å²) < 4.78 is 0. The van der Waals surface area contributed by atoms with Crippen LogP contribution in [-0.2, 0) is 0 Å². The van der Waals surface area contributed by atoms with Crippen LogP contribution in [0.2, 0.25) is 10.0 Å². The molecule has 0 saturated carbocycles. The van der Waals surface area contributed by atoms with Crippen molar-refractivity contribution in [2.24, 2.45) is 0 Å². The molecule has 0 unspecified atom stereocenters. The van der Waals surface area contributed by atoms with E-state index in [0.29, 0.717) is 15.6 Å². The third-order valence-electron chi connectivity index (χ3n) is 3.04. The number of benzene rings is 2. The zero-order valence-electron chi connectivity index (χ0n) is 9.78. The average Bonchev–Trinajstić information content (AvgIpc) is 2.42. The fraction of sp³-hybridized carbons (Fsp3) is 0.0714. The Hall–Kier alpha value is -1.71. The van der Waals surface area contributed by atoms with Crippen molar-refractivity contribution in [3.63, 3.8) is 0 Å². The van der Waals surface area contributed by atoms with Crippen molar-refractivity contribution in [2.75, 3.05) is 5.32 Å². The predicted octanol–water partition coefficient (Wildman–Crippen LogP) is 3.85. The molecule has 2 N–H and O–H groups in total. The molecule has 1 amide bonds. The summed E-state index contributed by atoms with van der Waals surface area (Å²) in [6.07, 6.45) is -0.381. The zero-order chi connectivity index (χ0) is 13.4. The van der Waals surface area contributed by atoms with E-state index in [4.69, 9.17) is 23.2 Å². The Labute approximate surface area is 120 Å². The van der Waals surface area contributed by atoms with Gasteiger partial charge in [0.2, 0.25) is 0 Å². The Morgan fingerprint density at radius 3 is 2.58 bits per heavy atom. The van der Waals surface area contributed by atoms with Crippen LogP contribution in [0, 0.1) is 0 Å². The smallest absolute Gasteiger partial charge is 0.255 e. The van der Waals surface area contributed by atoms with E-state index in [1.54, 1.807) is 18.2 Å². The molecule has 19 heavy (non-hydrogen) atoms. The minimum absolute atomic E-state index is 0.129. The Morgan fingerprint density at radius 2 is 1.74 bits per heavy atom. The van der Waals surface area contributed by atoms with Gasteiger partial charge < -0.3 is 10.6 Å². The van der Waals surface area contributed by atoms with E-state index in [1.165, 1.54) is 0 Å². The molecular formula is C14H10Cl2N2O. The summed E-state index contributed by atoms with van der Waals surface area (Å²) in [6.45, 7) is 0. The molecule has 0 aliphatic carbocycles. The summed E-state index contributed by atoms with van der Waals surface area (Å²) in [4.78, 5) is 12.0. The average molecular weight is 293 g/mol. The molecule has 0 saturated heterocycles. The number of fused-ring (bicyclic) bond motifs is 1. The Bertz CT molecular complexity index is 658. The van der Waals surface area contributed by atoms with E-state index in [2.05, 4.69) is 10.6 Å². The van der Waals surface area contributed by atoms with Gasteiger partial charge in [0.25, 0.3) is 5.91 Å². The van der Waals surface area contributed by atoms with Gasteiger partial charge in [-0.25, -0.2) is 0 Å². The number of hydrogen-bond donors (Lipinski definition) is 2. The highest BCUT2D eigenvalue weighted by Gasteiger charge is 2.25. The number of carbonyl (C=O) groups is 1. The summed E-state index contributed by atoms with van der Waals surface area (Å²) in [5.74, 6) is -0.129. The van der Waals surface area contributed by atoms with Crippen LogP contribution in [0.1, 0.15) is 22.1 Å². The Balaban J connectivity index is 2.02. The van der Waals surface area contributed by atoms with Crippen LogP contribution >= 0.6 is 23.2 Å². The molecule has 0 fully saturated rings. The van der Waals surface area contributed by atoms with Crippen LogP contribution in [0.3, 0.4) is 0 Å². The maximum Gasteiger partial charge on any atom is 0.255 e. The van der Waals surface area contributed by atoms with Crippen molar-refractivity contribution in [1.29, 1.82) is 0 Å². The van der Waals surface area contributed by atoms with E-state index in [-0.39, 0.29) is 12.1 Å². The highest BCUT2D eigenvalue weighted by Crippen LogP contribution is 2.33. The van der Waals surface area contributed by atoms with Crippen molar-refractivity contribution >= 4 is 34.8 Å². The number of halogens is 2. The molecule has 0 spiro atoms. The Morgan fingerprint density at radius 1 is 0.947 bits per heavy atom. The van der Waals surface area contributed by atoms with Crippen molar-refractivity contribution < 1.29 is 4.79 Å². The lowest BCUT2D eigenvalue weighted by Gasteiger charge is -2.28. The van der Waals surface area contributed by atoms with Gasteiger partial charge in [-0.05, 0) is 18.2 Å². The SMILES string of the molecule is O=C1N[C@@H](c2cccc(Cl)c2Cl)Nc2ccccc21. The number of carbonyl (C=O) groups excluding carboxylic acids is 1. The summed E-state index contributed by atoms with van der Waals surface area (Å²) >= 11 is 12.2. The number of nitrogens with one attached hydrogen (secondary N) is 2. The van der Waals surface area contributed by atoms with Gasteiger partial charge in [-0.15, -0.1) is 0 Å². The summed E-state index contributed by atoms with van der Waals surface area (Å²) in [7, 11) is 0. The van der Waals surface area contributed by atoms with E-state index < -0.39 is 0 Å². The monoisotopic (exact) mass is 292 g/mol. The van der Waals surface area contributed by atoms with E-state index in [9.17, 15) is 4.79 Å². The molecule has 1 atom stereocenters. The fourth-order valence-electron chi connectivity index (χ4n) is 2.11. The summed E-state index contributed by atoms with van der Waals surface area (Å²) in [6, 6.07) is 12.7. The lowest BCUT2D eigenvalue weighted by atomic mass is 10.1. The minimum Gasteiger partial charge on any atom is -0.361 e. The quantitative estimate of drug-likeness (QED) is 0.838. The van der Waals surface area contributed by atoms with Crippen molar-refractivity contribution in [3.05, 3.63) is 63.6 Å². The van der Waals surface area contributed by atoms with Gasteiger partial charge in [-0.1, -0.05) is 47.5 Å². The highest BCUT2D eigenvalue weighted by atomic mass is 35.5. The number of amides is 1. The third-order valence-corrected chi connectivity index (χ3v) is 3.87. The molecular weight excluding hydrogens is 283 g/mol. The van der Waals surface area contributed by atoms with Gasteiger partial charge in [0, 0.05) is 11.3 Å². The summed E-state index contributed by atoms with van der Waals surface area (Å²) in [5.41, 5.74) is 2.15. The molecule has 2 aromatic carbocycles. The fourth-order valence-corrected chi connectivity index (χ4v) is 2.52. The molecule has 5 heteroatoms. The normalized spacial score (nSPS) is 17.4. The van der Waals surface area contributed by atoms with Gasteiger partial charge in [-0.3, -0.25) is 4.79 Å². The number of para-hydroxylation sites is 1. The van der Waals surface area contributed by atoms with Crippen LogP contribution in [0.5, 0.6) is 0 Å². The van der Waals surface area contributed by atoms with E-state index in [0.717, 1.165) is 11.3 Å². The largest absolute Gasteiger partial charge is 0.361 e. The second-order valence-electron chi connectivity index (χ2n) is 4.24. The van der Waals surface area contributed by atoms with Crippen molar-refractivity contribution in [2.45, 2.75) is 6.17 Å². The molecule has 3 rings (SSSR count). The van der Waals surface area contributed by atoms with Crippen molar-refractivity contribution in [3.8, 4) is 0 Å². The molecule has 0 radical (unpaired) electrons. The Kier molecular flexibility index (Phi) is 3.09. The van der Waals surface area contributed by atoms with Crippen LogP contribution < -0.4 is 10.6 Å². The minimum atomic E-state index is -0.381. The van der Waals surface area contributed by atoms with Gasteiger partial charge >= 0.3 is 0 Å². The molecule has 1 aliphatic heterocycles. The van der Waals surface area contributed by atoms with Gasteiger partial charge in [0.1, 0.15) is 6.17 Å². The molecule has 0 aromatic heterocycles. The maximum atomic E-state index is 12.0. The first-order chi connectivity index (χ1) is 9.16. The van der Waals surface area contributed by atoms with Crippen LogP contribution in [0.25, 0.3) is 0 Å². The number of anilines is 1. The second-order valence-corrected chi connectivity index (χ2v) is 5.02. The highest BCUT2D eigenvalue weighted by molar-refractivity contribution is 6.42. The van der Waals surface area contributed by atoms with E-state index in [1.807, 2.05) is 24.3 Å². The standard InChI is InChI=1S/C14H10Cl2N2O/c15-10-6-3-5-9(12(10)16)13-17-11-7-2-1-4-8(11)14(19)18-13/h1-7,13,17H,(H,18,19)/t13-/m0/s1. The van der Waals surface area contributed by atoms with E-state index >= 15 is 0 Å². The van der Waals surface area contributed by atoms with Gasteiger partial charge in [-0.2, -0.15) is 0 Å². The first-order valence-electron chi connectivity index (χ1n) is 5.77. The number of rotatable bonds is 1. The molecule has 3 nitrogen and oxygen atoms in total. The third kappa shape index (κ3) is 2.15. The molecule has 1 aliphatic rings. The van der Waals surface area contributed by atoms with Gasteiger partial charge in [0.05, 0.1) is 15.6 Å². The summed E-state index contributed by atoms with van der Waals surface area (Å²) in [5, 5.41) is 7.01. The van der Waals surface area contributed by atoms with Crippen LogP contribution in [0.15, 0.2) is 42.5 Å². The first-order valence-corrected chi connectivity index (χ1v) is 6.53. The first kappa shape index (κ1) is 12.3. The predicted molar refractivity (Wildman–Crippen MR) is 76.7 cm³/mol.